The van der Waals surface area contributed by atoms with Gasteiger partial charge in [-0.15, -0.1) is 0 Å². The van der Waals surface area contributed by atoms with Gasteiger partial charge in [-0.25, -0.2) is 4.98 Å². The Balaban J connectivity index is 2.02. The summed E-state index contributed by atoms with van der Waals surface area (Å²) in [4.78, 5) is 4.34. The van der Waals surface area contributed by atoms with E-state index < -0.39 is 0 Å². The van der Waals surface area contributed by atoms with E-state index in [0.717, 1.165) is 24.4 Å². The molecule has 0 aliphatic rings. The van der Waals surface area contributed by atoms with E-state index in [1.807, 2.05) is 39.5 Å². The third-order valence-corrected chi connectivity index (χ3v) is 3.20. The smallest absolute Gasteiger partial charge is 0.108 e. The standard InChI is InChI=1S/C13H19N3O/c1-10-11(6-9-17-10)12(14-2)4-5-13-15-7-8-16(13)3/h6-9,12,14H,4-5H2,1-3H3. The highest BCUT2D eigenvalue weighted by molar-refractivity contribution is 5.20. The van der Waals surface area contributed by atoms with E-state index in [1.165, 1.54) is 5.56 Å². The summed E-state index contributed by atoms with van der Waals surface area (Å²) in [6.07, 6.45) is 7.54. The first-order chi connectivity index (χ1) is 8.22. The number of aromatic nitrogens is 2. The second-order valence-electron chi connectivity index (χ2n) is 4.27. The lowest BCUT2D eigenvalue weighted by Gasteiger charge is -2.15. The Labute approximate surface area is 102 Å². The zero-order chi connectivity index (χ0) is 12.3. The van der Waals surface area contributed by atoms with Crippen molar-refractivity contribution < 1.29 is 4.42 Å². The number of imidazole rings is 1. The molecule has 2 heterocycles. The third-order valence-electron chi connectivity index (χ3n) is 3.20. The lowest BCUT2D eigenvalue weighted by Crippen LogP contribution is -2.18. The van der Waals surface area contributed by atoms with Gasteiger partial charge in [0, 0.05) is 37.5 Å². The van der Waals surface area contributed by atoms with Gasteiger partial charge in [0.25, 0.3) is 0 Å². The van der Waals surface area contributed by atoms with E-state index in [9.17, 15) is 0 Å². The first-order valence-corrected chi connectivity index (χ1v) is 5.90. The van der Waals surface area contributed by atoms with E-state index >= 15 is 0 Å². The van der Waals surface area contributed by atoms with Gasteiger partial charge in [-0.3, -0.25) is 0 Å². The van der Waals surface area contributed by atoms with Gasteiger partial charge in [-0.05, 0) is 26.5 Å². The van der Waals surface area contributed by atoms with Gasteiger partial charge in [-0.1, -0.05) is 0 Å². The van der Waals surface area contributed by atoms with Crippen molar-refractivity contribution in [3.8, 4) is 0 Å². The summed E-state index contributed by atoms with van der Waals surface area (Å²) in [5, 5.41) is 3.33. The molecule has 17 heavy (non-hydrogen) atoms. The second-order valence-corrected chi connectivity index (χ2v) is 4.27. The number of nitrogens with zero attached hydrogens (tertiary/aromatic N) is 2. The summed E-state index contributed by atoms with van der Waals surface area (Å²) in [6.45, 7) is 2.00. The summed E-state index contributed by atoms with van der Waals surface area (Å²) in [5.74, 6) is 2.11. The van der Waals surface area contributed by atoms with Crippen LogP contribution in [-0.4, -0.2) is 16.6 Å². The van der Waals surface area contributed by atoms with Crippen LogP contribution < -0.4 is 5.32 Å². The number of hydrogen-bond donors (Lipinski definition) is 1. The van der Waals surface area contributed by atoms with Crippen molar-refractivity contribution in [1.82, 2.24) is 14.9 Å². The van der Waals surface area contributed by atoms with Crippen molar-refractivity contribution in [2.45, 2.75) is 25.8 Å². The molecule has 1 N–H and O–H groups in total. The molecule has 1 atom stereocenters. The molecule has 4 heteroatoms. The van der Waals surface area contributed by atoms with Gasteiger partial charge < -0.3 is 14.3 Å². The van der Waals surface area contributed by atoms with Gasteiger partial charge in [0.15, 0.2) is 0 Å². The van der Waals surface area contributed by atoms with Gasteiger partial charge in [0.05, 0.1) is 6.26 Å². The fourth-order valence-electron chi connectivity index (χ4n) is 2.12. The highest BCUT2D eigenvalue weighted by Gasteiger charge is 2.14. The lowest BCUT2D eigenvalue weighted by molar-refractivity contribution is 0.496. The molecular formula is C13H19N3O. The van der Waals surface area contributed by atoms with Crippen LogP contribution in [0.25, 0.3) is 0 Å². The maximum Gasteiger partial charge on any atom is 0.108 e. The zero-order valence-corrected chi connectivity index (χ0v) is 10.6. The highest BCUT2D eigenvalue weighted by Crippen LogP contribution is 2.22. The van der Waals surface area contributed by atoms with Gasteiger partial charge in [0.2, 0.25) is 0 Å². The Hall–Kier alpha value is -1.55. The van der Waals surface area contributed by atoms with E-state index in [2.05, 4.69) is 14.9 Å². The molecule has 0 aliphatic heterocycles. The van der Waals surface area contributed by atoms with E-state index in [4.69, 9.17) is 4.42 Å². The van der Waals surface area contributed by atoms with E-state index in [0.29, 0.717) is 6.04 Å². The molecule has 0 aromatic carbocycles. The highest BCUT2D eigenvalue weighted by atomic mass is 16.3. The largest absolute Gasteiger partial charge is 0.469 e. The summed E-state index contributed by atoms with van der Waals surface area (Å²) in [7, 11) is 4.01. The summed E-state index contributed by atoms with van der Waals surface area (Å²) in [5.41, 5.74) is 1.24. The number of hydrogen-bond acceptors (Lipinski definition) is 3. The third kappa shape index (κ3) is 2.58. The molecule has 2 aromatic heterocycles. The van der Waals surface area contributed by atoms with Crippen molar-refractivity contribution in [3.63, 3.8) is 0 Å². The van der Waals surface area contributed by atoms with Crippen LogP contribution >= 0.6 is 0 Å². The molecule has 0 saturated carbocycles. The quantitative estimate of drug-likeness (QED) is 0.861. The summed E-state index contributed by atoms with van der Waals surface area (Å²) >= 11 is 0. The van der Waals surface area contributed by atoms with Crippen molar-refractivity contribution in [1.29, 1.82) is 0 Å². The monoisotopic (exact) mass is 233 g/mol. The number of furan rings is 1. The fraction of sp³-hybridized carbons (Fsp3) is 0.462. The number of rotatable bonds is 5. The van der Waals surface area contributed by atoms with Crippen LogP contribution in [0, 0.1) is 6.92 Å². The molecule has 0 bridgehead atoms. The van der Waals surface area contributed by atoms with Gasteiger partial charge in [-0.2, -0.15) is 0 Å². The average molecular weight is 233 g/mol. The molecule has 0 fully saturated rings. The first-order valence-electron chi connectivity index (χ1n) is 5.90. The van der Waals surface area contributed by atoms with Crippen molar-refractivity contribution in [2.75, 3.05) is 7.05 Å². The molecule has 1 unspecified atom stereocenters. The predicted octanol–water partition coefficient (Wildman–Crippen LogP) is 2.21. The zero-order valence-electron chi connectivity index (χ0n) is 10.6. The molecule has 0 saturated heterocycles. The fourth-order valence-corrected chi connectivity index (χ4v) is 2.12. The van der Waals surface area contributed by atoms with Crippen molar-refractivity contribution in [3.05, 3.63) is 41.9 Å². The molecule has 0 radical (unpaired) electrons. The van der Waals surface area contributed by atoms with Gasteiger partial charge >= 0.3 is 0 Å². The van der Waals surface area contributed by atoms with E-state index in [1.54, 1.807) is 6.26 Å². The van der Waals surface area contributed by atoms with Crippen LogP contribution in [0.15, 0.2) is 29.1 Å². The Morgan fingerprint density at radius 2 is 2.35 bits per heavy atom. The molecule has 92 valence electrons. The second kappa shape index (κ2) is 5.19. The Morgan fingerprint density at radius 1 is 1.53 bits per heavy atom. The van der Waals surface area contributed by atoms with Crippen molar-refractivity contribution >= 4 is 0 Å². The van der Waals surface area contributed by atoms with Crippen molar-refractivity contribution in [2.24, 2.45) is 7.05 Å². The molecular weight excluding hydrogens is 214 g/mol. The van der Waals surface area contributed by atoms with Crippen LogP contribution in [0.1, 0.15) is 29.6 Å². The first kappa shape index (κ1) is 11.9. The molecule has 0 spiro atoms. The molecule has 0 aliphatic carbocycles. The summed E-state index contributed by atoms with van der Waals surface area (Å²) in [6, 6.07) is 2.36. The minimum absolute atomic E-state index is 0.324. The Kier molecular flexibility index (Phi) is 3.64. The maximum atomic E-state index is 5.35. The van der Waals surface area contributed by atoms with Crippen LogP contribution in [0.3, 0.4) is 0 Å². The molecule has 0 amide bonds. The Morgan fingerprint density at radius 3 is 2.88 bits per heavy atom. The number of aryl methyl sites for hydroxylation is 3. The van der Waals surface area contributed by atoms with E-state index in [-0.39, 0.29) is 0 Å². The summed E-state index contributed by atoms with van der Waals surface area (Å²) < 4.78 is 7.41. The average Bonchev–Trinajstić information content (AvgIpc) is 2.90. The predicted molar refractivity (Wildman–Crippen MR) is 66.8 cm³/mol. The normalized spacial score (nSPS) is 12.9. The minimum atomic E-state index is 0.324. The number of nitrogens with one attached hydrogen (secondary N) is 1. The SMILES string of the molecule is CNC(CCc1nccn1C)c1ccoc1C. The maximum absolute atomic E-state index is 5.35. The van der Waals surface area contributed by atoms with Crippen LogP contribution in [0.5, 0.6) is 0 Å². The topological polar surface area (TPSA) is 43.0 Å². The minimum Gasteiger partial charge on any atom is -0.469 e. The lowest BCUT2D eigenvalue weighted by atomic mass is 10.0. The van der Waals surface area contributed by atoms with Crippen LogP contribution in [0.4, 0.5) is 0 Å². The van der Waals surface area contributed by atoms with Gasteiger partial charge in [0.1, 0.15) is 11.6 Å². The molecule has 4 nitrogen and oxygen atoms in total. The van der Waals surface area contributed by atoms with Crippen LogP contribution in [-0.2, 0) is 13.5 Å². The Bertz CT molecular complexity index is 472. The molecule has 2 aromatic rings. The molecule has 2 rings (SSSR count). The van der Waals surface area contributed by atoms with Crippen LogP contribution in [0.2, 0.25) is 0 Å².